The molecule has 0 aromatic rings. The molecule has 0 aliphatic carbocycles. The van der Waals surface area contributed by atoms with Crippen LogP contribution in [0.1, 0.15) is 13.8 Å². The Hall–Kier alpha value is -0.873. The zero-order valence-electron chi connectivity index (χ0n) is 10.1. The lowest BCUT2D eigenvalue weighted by Crippen LogP contribution is -2.38. The van der Waals surface area contributed by atoms with Crippen LogP contribution in [-0.2, 0) is 14.0 Å². The summed E-state index contributed by atoms with van der Waals surface area (Å²) in [6.45, 7) is 15.3. The highest BCUT2D eigenvalue weighted by Gasteiger charge is 2.24. The Morgan fingerprint density at radius 3 is 2.20 bits per heavy atom. The van der Waals surface area contributed by atoms with Gasteiger partial charge in [0, 0.05) is 5.57 Å². The predicted molar refractivity (Wildman–Crippen MR) is 64.0 cm³/mol. The molecule has 0 bridgehead atoms. The van der Waals surface area contributed by atoms with Crippen molar-refractivity contribution in [3.63, 3.8) is 0 Å². The Morgan fingerprint density at radius 1 is 1.27 bits per heavy atom. The van der Waals surface area contributed by atoms with Crippen molar-refractivity contribution in [2.24, 2.45) is 0 Å². The number of carbonyl (C=O) groups excluding carboxylic acids is 1. The molecule has 0 aromatic heterocycles. The first-order valence-electron chi connectivity index (χ1n) is 4.85. The number of esters is 1. The molecule has 0 atom stereocenters. The average molecular weight is 228 g/mol. The first-order chi connectivity index (χ1) is 6.74. The molecule has 0 saturated heterocycles. The molecule has 0 spiro atoms. The molecule has 0 fully saturated rings. The molecule has 0 aliphatic rings. The fourth-order valence-corrected chi connectivity index (χ4v) is 1.92. The van der Waals surface area contributed by atoms with Crippen LogP contribution < -0.4 is 0 Å². The van der Waals surface area contributed by atoms with Crippen LogP contribution in [0.15, 0.2) is 24.3 Å². The monoisotopic (exact) mass is 228 g/mol. The van der Waals surface area contributed by atoms with Crippen LogP contribution in [0.5, 0.6) is 0 Å². The van der Waals surface area contributed by atoms with E-state index in [2.05, 4.69) is 13.2 Å². The van der Waals surface area contributed by atoms with Crippen LogP contribution >= 0.6 is 0 Å². The Morgan fingerprint density at radius 2 is 1.80 bits per heavy atom. The van der Waals surface area contributed by atoms with E-state index in [-0.39, 0.29) is 5.97 Å². The molecular formula is C11H20O3Si. The third kappa shape index (κ3) is 7.10. The van der Waals surface area contributed by atoms with Gasteiger partial charge in [0.2, 0.25) is 8.32 Å². The lowest BCUT2D eigenvalue weighted by atomic mass is 10.4. The molecule has 0 amide bonds. The molecule has 0 aliphatic heterocycles. The van der Waals surface area contributed by atoms with Crippen LogP contribution in [0.4, 0.5) is 0 Å². The maximum Gasteiger partial charge on any atom is 0.332 e. The third-order valence-electron chi connectivity index (χ3n) is 1.61. The Bertz CT molecular complexity index is 269. The van der Waals surface area contributed by atoms with E-state index in [9.17, 15) is 4.79 Å². The minimum atomic E-state index is -1.92. The van der Waals surface area contributed by atoms with Gasteiger partial charge in [0.1, 0.15) is 6.23 Å². The third-order valence-corrected chi connectivity index (χ3v) is 3.37. The molecule has 0 rings (SSSR count). The van der Waals surface area contributed by atoms with Crippen LogP contribution in [0.2, 0.25) is 13.1 Å². The molecule has 0 N–H and O–H groups in total. The van der Waals surface area contributed by atoms with E-state index in [0.717, 1.165) is 5.57 Å². The smallest absolute Gasteiger partial charge is 0.332 e. The highest BCUT2D eigenvalue weighted by Crippen LogP contribution is 2.08. The number of ether oxygens (including phenoxy) is 1. The Balaban J connectivity index is 3.98. The Kier molecular flexibility index (Phi) is 5.53. The van der Waals surface area contributed by atoms with Gasteiger partial charge in [-0.2, -0.15) is 0 Å². The number of hydrogen-bond acceptors (Lipinski definition) is 3. The van der Waals surface area contributed by atoms with Crippen molar-refractivity contribution in [1.82, 2.24) is 0 Å². The maximum atomic E-state index is 11.2. The topological polar surface area (TPSA) is 35.5 Å². The van der Waals surface area contributed by atoms with Crippen LogP contribution in [0.25, 0.3) is 0 Å². The van der Waals surface area contributed by atoms with Crippen molar-refractivity contribution in [2.45, 2.75) is 26.9 Å². The zero-order chi connectivity index (χ0) is 12.1. The summed E-state index contributed by atoms with van der Waals surface area (Å²) in [5, 5.41) is 0. The second kappa shape index (κ2) is 5.88. The predicted octanol–water partition coefficient (Wildman–Crippen LogP) is 2.44. The maximum absolute atomic E-state index is 11.2. The largest absolute Gasteiger partial charge is 0.463 e. The normalized spacial score (nSPS) is 10.9. The van der Waals surface area contributed by atoms with E-state index in [1.807, 2.05) is 20.0 Å². The summed E-state index contributed by atoms with van der Waals surface area (Å²) in [5.74, 6) is -0.352. The summed E-state index contributed by atoms with van der Waals surface area (Å²) in [7, 11) is -1.92. The molecule has 0 unspecified atom stereocenters. The quantitative estimate of drug-likeness (QED) is 0.303. The SMILES string of the molecule is C=C(C)CO[Si](C)(C)COC(=O)C(=C)C. The van der Waals surface area contributed by atoms with Crippen molar-refractivity contribution in [3.8, 4) is 0 Å². The molecule has 4 heteroatoms. The molecule has 3 nitrogen and oxygen atoms in total. The highest BCUT2D eigenvalue weighted by molar-refractivity contribution is 6.71. The van der Waals surface area contributed by atoms with E-state index in [1.54, 1.807) is 6.92 Å². The summed E-state index contributed by atoms with van der Waals surface area (Å²) in [6, 6.07) is 0. The lowest BCUT2D eigenvalue weighted by Gasteiger charge is -2.22. The number of carbonyl (C=O) groups is 1. The van der Waals surface area contributed by atoms with Gasteiger partial charge in [-0.25, -0.2) is 4.79 Å². The second-order valence-corrected chi connectivity index (χ2v) is 8.46. The van der Waals surface area contributed by atoms with Crippen LogP contribution in [0, 0.1) is 0 Å². The van der Waals surface area contributed by atoms with Crippen molar-refractivity contribution >= 4 is 14.3 Å². The van der Waals surface area contributed by atoms with Gasteiger partial charge in [-0.15, -0.1) is 0 Å². The molecule has 0 heterocycles. The molecule has 15 heavy (non-hydrogen) atoms. The van der Waals surface area contributed by atoms with Gasteiger partial charge in [-0.1, -0.05) is 18.7 Å². The lowest BCUT2D eigenvalue weighted by molar-refractivity contribution is -0.137. The summed E-state index contributed by atoms with van der Waals surface area (Å²) < 4.78 is 10.7. The molecule has 0 radical (unpaired) electrons. The fourth-order valence-electron chi connectivity index (χ4n) is 0.723. The summed E-state index contributed by atoms with van der Waals surface area (Å²) in [6.07, 6.45) is 0.353. The summed E-state index contributed by atoms with van der Waals surface area (Å²) >= 11 is 0. The first-order valence-corrected chi connectivity index (χ1v) is 7.97. The minimum absolute atomic E-state index is 0.352. The Labute approximate surface area is 92.9 Å². The fraction of sp³-hybridized carbons (Fsp3) is 0.545. The van der Waals surface area contributed by atoms with E-state index in [4.69, 9.17) is 9.16 Å². The van der Waals surface area contributed by atoms with E-state index in [0.29, 0.717) is 18.4 Å². The molecular weight excluding hydrogens is 208 g/mol. The van der Waals surface area contributed by atoms with Gasteiger partial charge in [-0.3, -0.25) is 0 Å². The van der Waals surface area contributed by atoms with E-state index >= 15 is 0 Å². The standard InChI is InChI=1S/C11H20O3Si/c1-9(2)7-14-15(5,6)8-13-11(12)10(3)4/h1,3,7-8H2,2,4-6H3. The van der Waals surface area contributed by atoms with Gasteiger partial charge in [0.05, 0.1) is 6.61 Å². The summed E-state index contributed by atoms with van der Waals surface area (Å²) in [5.41, 5.74) is 1.39. The van der Waals surface area contributed by atoms with Crippen molar-refractivity contribution in [3.05, 3.63) is 24.3 Å². The van der Waals surface area contributed by atoms with Gasteiger partial charge < -0.3 is 9.16 Å². The molecule has 0 saturated carbocycles. The summed E-state index contributed by atoms with van der Waals surface area (Å²) in [4.78, 5) is 11.2. The van der Waals surface area contributed by atoms with Crippen LogP contribution in [-0.4, -0.2) is 27.1 Å². The van der Waals surface area contributed by atoms with Crippen molar-refractivity contribution in [2.75, 3.05) is 12.8 Å². The number of hydrogen-bond donors (Lipinski definition) is 0. The zero-order valence-corrected chi connectivity index (χ0v) is 11.1. The minimum Gasteiger partial charge on any atom is -0.463 e. The van der Waals surface area contributed by atoms with E-state index < -0.39 is 8.32 Å². The second-order valence-electron chi connectivity index (χ2n) is 4.36. The number of rotatable bonds is 6. The average Bonchev–Trinajstić information content (AvgIpc) is 2.11. The first kappa shape index (κ1) is 14.1. The van der Waals surface area contributed by atoms with Crippen molar-refractivity contribution < 1.29 is 14.0 Å². The van der Waals surface area contributed by atoms with E-state index in [1.165, 1.54) is 0 Å². The molecule has 0 aromatic carbocycles. The van der Waals surface area contributed by atoms with Gasteiger partial charge >= 0.3 is 5.97 Å². The molecule has 86 valence electrons. The van der Waals surface area contributed by atoms with Gasteiger partial charge in [0.15, 0.2) is 0 Å². The highest BCUT2D eigenvalue weighted by atomic mass is 28.4. The van der Waals surface area contributed by atoms with Crippen LogP contribution in [0.3, 0.4) is 0 Å². The van der Waals surface area contributed by atoms with Gasteiger partial charge in [0.25, 0.3) is 0 Å². The van der Waals surface area contributed by atoms with Crippen molar-refractivity contribution in [1.29, 1.82) is 0 Å². The van der Waals surface area contributed by atoms with Gasteiger partial charge in [-0.05, 0) is 26.9 Å².